The molecule has 0 atom stereocenters. The van der Waals surface area contributed by atoms with Gasteiger partial charge in [0.1, 0.15) is 0 Å². The number of nitrogens with one attached hydrogen (secondary N) is 1. The molecule has 0 aliphatic heterocycles. The predicted octanol–water partition coefficient (Wildman–Crippen LogP) is 2.57. The fourth-order valence-electron chi connectivity index (χ4n) is 1.10. The van der Waals surface area contributed by atoms with Crippen LogP contribution in [0.15, 0.2) is 0 Å². The molecular formula is C11H21N. The van der Waals surface area contributed by atoms with E-state index in [1.54, 1.807) is 0 Å². The number of hydrogen-bond donors (Lipinski definition) is 1. The van der Waals surface area contributed by atoms with Crippen LogP contribution in [-0.4, -0.2) is 13.1 Å². The van der Waals surface area contributed by atoms with Crippen molar-refractivity contribution in [3.8, 4) is 12.3 Å². The first-order chi connectivity index (χ1) is 5.91. The van der Waals surface area contributed by atoms with Crippen LogP contribution in [0.25, 0.3) is 0 Å². The molecule has 0 fully saturated rings. The molecule has 0 aromatic rings. The van der Waals surface area contributed by atoms with Gasteiger partial charge in [0.2, 0.25) is 0 Å². The highest BCUT2D eigenvalue weighted by atomic mass is 14.8. The topological polar surface area (TPSA) is 12.0 Å². The van der Waals surface area contributed by atoms with E-state index in [9.17, 15) is 0 Å². The highest BCUT2D eigenvalue weighted by Gasteiger charge is 1.87. The summed E-state index contributed by atoms with van der Waals surface area (Å²) in [6.07, 6.45) is 12.4. The molecule has 0 radical (unpaired) electrons. The Morgan fingerprint density at radius 3 is 2.33 bits per heavy atom. The van der Waals surface area contributed by atoms with Gasteiger partial charge in [-0.1, -0.05) is 19.8 Å². The first-order valence-corrected chi connectivity index (χ1v) is 5.06. The Morgan fingerprint density at radius 2 is 1.75 bits per heavy atom. The van der Waals surface area contributed by atoms with E-state index in [0.717, 1.165) is 19.4 Å². The minimum atomic E-state index is 0.927. The van der Waals surface area contributed by atoms with E-state index in [4.69, 9.17) is 6.42 Å². The minimum Gasteiger partial charge on any atom is -0.317 e. The summed E-state index contributed by atoms with van der Waals surface area (Å²) in [5.41, 5.74) is 0. The molecule has 1 N–H and O–H groups in total. The molecule has 0 bridgehead atoms. The summed E-state index contributed by atoms with van der Waals surface area (Å²) in [4.78, 5) is 0. The third-order valence-electron chi connectivity index (χ3n) is 1.88. The van der Waals surface area contributed by atoms with Gasteiger partial charge in [-0.3, -0.25) is 0 Å². The lowest BCUT2D eigenvalue weighted by Gasteiger charge is -2.02. The Bertz CT molecular complexity index is 113. The van der Waals surface area contributed by atoms with Crippen molar-refractivity contribution >= 4 is 0 Å². The van der Waals surface area contributed by atoms with Gasteiger partial charge >= 0.3 is 0 Å². The fourth-order valence-corrected chi connectivity index (χ4v) is 1.10. The first kappa shape index (κ1) is 11.5. The lowest BCUT2D eigenvalue weighted by atomic mass is 10.2. The van der Waals surface area contributed by atoms with E-state index in [-0.39, 0.29) is 0 Å². The van der Waals surface area contributed by atoms with E-state index >= 15 is 0 Å². The first-order valence-electron chi connectivity index (χ1n) is 5.06. The van der Waals surface area contributed by atoms with Crippen molar-refractivity contribution in [1.82, 2.24) is 5.32 Å². The second kappa shape index (κ2) is 10.5. The van der Waals surface area contributed by atoms with Crippen molar-refractivity contribution in [2.24, 2.45) is 0 Å². The van der Waals surface area contributed by atoms with Gasteiger partial charge in [-0.2, -0.15) is 0 Å². The third-order valence-corrected chi connectivity index (χ3v) is 1.88. The SMILES string of the molecule is C#CCCCCNCCCCC. The summed E-state index contributed by atoms with van der Waals surface area (Å²) >= 11 is 0. The maximum absolute atomic E-state index is 5.14. The van der Waals surface area contributed by atoms with Gasteiger partial charge in [0.05, 0.1) is 0 Å². The molecule has 0 saturated carbocycles. The Morgan fingerprint density at radius 1 is 1.08 bits per heavy atom. The molecule has 0 amide bonds. The zero-order valence-corrected chi connectivity index (χ0v) is 8.23. The largest absolute Gasteiger partial charge is 0.317 e. The molecule has 12 heavy (non-hydrogen) atoms. The third kappa shape index (κ3) is 9.52. The van der Waals surface area contributed by atoms with Crippen LogP contribution >= 0.6 is 0 Å². The quantitative estimate of drug-likeness (QED) is 0.433. The van der Waals surface area contributed by atoms with Gasteiger partial charge in [0.25, 0.3) is 0 Å². The zero-order chi connectivity index (χ0) is 9.07. The lowest BCUT2D eigenvalue weighted by molar-refractivity contribution is 0.589. The van der Waals surface area contributed by atoms with E-state index in [1.165, 1.54) is 32.2 Å². The Hall–Kier alpha value is -0.480. The summed E-state index contributed by atoms with van der Waals surface area (Å²) in [7, 11) is 0. The van der Waals surface area contributed by atoms with Crippen LogP contribution in [0.2, 0.25) is 0 Å². The van der Waals surface area contributed by atoms with Crippen molar-refractivity contribution in [3.05, 3.63) is 0 Å². The molecule has 70 valence electrons. The number of hydrogen-bond acceptors (Lipinski definition) is 1. The maximum Gasteiger partial charge on any atom is 0.00865 e. The second-order valence-corrected chi connectivity index (χ2v) is 3.12. The lowest BCUT2D eigenvalue weighted by Crippen LogP contribution is -2.16. The Labute approximate surface area is 76.9 Å². The molecule has 1 heteroatoms. The van der Waals surface area contributed by atoms with Crippen molar-refractivity contribution < 1.29 is 0 Å². The monoisotopic (exact) mass is 167 g/mol. The standard InChI is InChI=1S/C11H21N/c1-3-5-7-9-11-12-10-8-6-4-2/h1,12H,4-11H2,2H3. The van der Waals surface area contributed by atoms with Crippen molar-refractivity contribution in [2.75, 3.05) is 13.1 Å². The number of rotatable bonds is 8. The van der Waals surface area contributed by atoms with Crippen LogP contribution in [0.5, 0.6) is 0 Å². The Kier molecular flexibility index (Phi) is 10.1. The fraction of sp³-hybridized carbons (Fsp3) is 0.818. The van der Waals surface area contributed by atoms with E-state index in [0.29, 0.717) is 0 Å². The van der Waals surface area contributed by atoms with Crippen molar-refractivity contribution in [2.45, 2.75) is 45.4 Å². The molecule has 0 aromatic heterocycles. The number of unbranched alkanes of at least 4 members (excludes halogenated alkanes) is 4. The molecule has 1 nitrogen and oxygen atoms in total. The van der Waals surface area contributed by atoms with Crippen LogP contribution in [0, 0.1) is 12.3 Å². The van der Waals surface area contributed by atoms with E-state index in [1.807, 2.05) is 0 Å². The second-order valence-electron chi connectivity index (χ2n) is 3.12. The summed E-state index contributed by atoms with van der Waals surface area (Å²) in [6, 6.07) is 0. The average molecular weight is 167 g/mol. The van der Waals surface area contributed by atoms with Gasteiger partial charge in [0, 0.05) is 6.42 Å². The van der Waals surface area contributed by atoms with Gasteiger partial charge in [-0.15, -0.1) is 12.3 Å². The summed E-state index contributed by atoms with van der Waals surface area (Å²) in [5, 5.41) is 3.41. The molecule has 0 heterocycles. The van der Waals surface area contributed by atoms with Crippen LogP contribution in [0.4, 0.5) is 0 Å². The predicted molar refractivity (Wildman–Crippen MR) is 55.1 cm³/mol. The van der Waals surface area contributed by atoms with Gasteiger partial charge in [-0.25, -0.2) is 0 Å². The van der Waals surface area contributed by atoms with Crippen LogP contribution < -0.4 is 5.32 Å². The molecule has 0 unspecified atom stereocenters. The number of terminal acetylenes is 1. The van der Waals surface area contributed by atoms with Crippen molar-refractivity contribution in [1.29, 1.82) is 0 Å². The summed E-state index contributed by atoms with van der Waals surface area (Å²) < 4.78 is 0. The van der Waals surface area contributed by atoms with Gasteiger partial charge < -0.3 is 5.32 Å². The maximum atomic E-state index is 5.14. The molecule has 0 rings (SSSR count). The Balaban J connectivity index is 2.78. The average Bonchev–Trinajstić information content (AvgIpc) is 2.10. The van der Waals surface area contributed by atoms with E-state index < -0.39 is 0 Å². The van der Waals surface area contributed by atoms with Crippen LogP contribution in [0.1, 0.15) is 45.4 Å². The smallest absolute Gasteiger partial charge is 0.00865 e. The molecule has 0 aliphatic carbocycles. The van der Waals surface area contributed by atoms with Crippen molar-refractivity contribution in [3.63, 3.8) is 0 Å². The highest BCUT2D eigenvalue weighted by Crippen LogP contribution is 1.93. The molecular weight excluding hydrogens is 146 g/mol. The van der Waals surface area contributed by atoms with Crippen LogP contribution in [-0.2, 0) is 0 Å². The van der Waals surface area contributed by atoms with Gasteiger partial charge in [0.15, 0.2) is 0 Å². The van der Waals surface area contributed by atoms with Crippen LogP contribution in [0.3, 0.4) is 0 Å². The normalized spacial score (nSPS) is 9.67. The molecule has 0 aliphatic rings. The molecule has 0 spiro atoms. The van der Waals surface area contributed by atoms with E-state index in [2.05, 4.69) is 18.2 Å². The minimum absolute atomic E-state index is 0.927. The van der Waals surface area contributed by atoms with Gasteiger partial charge in [-0.05, 0) is 32.4 Å². The summed E-state index contributed by atoms with van der Waals surface area (Å²) in [6.45, 7) is 4.53. The molecule has 0 aromatic carbocycles. The molecule has 0 saturated heterocycles. The zero-order valence-electron chi connectivity index (χ0n) is 8.23. The summed E-state index contributed by atoms with van der Waals surface area (Å²) in [5.74, 6) is 2.65. The highest BCUT2D eigenvalue weighted by molar-refractivity contribution is 4.82.